The van der Waals surface area contributed by atoms with Crippen LogP contribution < -0.4 is 5.69 Å². The van der Waals surface area contributed by atoms with Crippen molar-refractivity contribution in [3.8, 4) is 0 Å². The third kappa shape index (κ3) is 2.62. The molecule has 2 aromatic rings. The zero-order chi connectivity index (χ0) is 12.4. The summed E-state index contributed by atoms with van der Waals surface area (Å²) >= 11 is 4.70. The lowest BCUT2D eigenvalue weighted by molar-refractivity contribution is 0.279. The second-order valence-corrected chi connectivity index (χ2v) is 5.31. The van der Waals surface area contributed by atoms with Gasteiger partial charge in [-0.25, -0.2) is 9.89 Å². The van der Waals surface area contributed by atoms with Crippen LogP contribution in [-0.2, 0) is 13.7 Å². The fraction of sp³-hybridized carbons (Fsp3) is 0.200. The molecule has 0 fully saturated rings. The van der Waals surface area contributed by atoms with Crippen molar-refractivity contribution in [1.82, 2.24) is 14.8 Å². The minimum atomic E-state index is -0.256. The van der Waals surface area contributed by atoms with E-state index in [0.717, 1.165) is 14.9 Å². The molecule has 2 N–H and O–H groups in total. The summed E-state index contributed by atoms with van der Waals surface area (Å²) < 4.78 is 2.34. The first-order valence-corrected chi connectivity index (χ1v) is 6.41. The van der Waals surface area contributed by atoms with Gasteiger partial charge in [0.1, 0.15) is 0 Å². The van der Waals surface area contributed by atoms with Crippen molar-refractivity contribution in [2.24, 2.45) is 7.05 Å². The van der Waals surface area contributed by atoms with Gasteiger partial charge in [-0.3, -0.25) is 4.57 Å². The molecule has 0 saturated heterocycles. The van der Waals surface area contributed by atoms with Gasteiger partial charge in [-0.1, -0.05) is 22.0 Å². The summed E-state index contributed by atoms with van der Waals surface area (Å²) in [6, 6.07) is 5.58. The Bertz CT molecular complexity index is 593. The molecule has 7 heteroatoms. The van der Waals surface area contributed by atoms with Crippen molar-refractivity contribution in [3.05, 3.63) is 38.7 Å². The highest BCUT2D eigenvalue weighted by Crippen LogP contribution is 2.30. The van der Waals surface area contributed by atoms with Crippen molar-refractivity contribution in [2.75, 3.05) is 0 Å². The summed E-state index contributed by atoms with van der Waals surface area (Å²) in [6.45, 7) is -0.0476. The van der Waals surface area contributed by atoms with Crippen molar-refractivity contribution in [2.45, 2.75) is 16.7 Å². The topological polar surface area (TPSA) is 70.9 Å². The fourth-order valence-corrected chi connectivity index (χ4v) is 2.75. The van der Waals surface area contributed by atoms with Crippen LogP contribution in [0.2, 0.25) is 0 Å². The number of H-pyrrole nitrogens is 1. The maximum Gasteiger partial charge on any atom is 0.343 e. The first-order valence-electron chi connectivity index (χ1n) is 4.80. The van der Waals surface area contributed by atoms with Gasteiger partial charge in [0.15, 0.2) is 5.16 Å². The molecular weight excluding hydrogens is 306 g/mol. The van der Waals surface area contributed by atoms with E-state index in [-0.39, 0.29) is 12.3 Å². The highest BCUT2D eigenvalue weighted by atomic mass is 79.9. The Kier molecular flexibility index (Phi) is 3.70. The summed E-state index contributed by atoms with van der Waals surface area (Å²) in [6.07, 6.45) is 0. The van der Waals surface area contributed by atoms with Crippen LogP contribution in [0.4, 0.5) is 0 Å². The average Bonchev–Trinajstić information content (AvgIpc) is 2.61. The second-order valence-electron chi connectivity index (χ2n) is 3.38. The molecule has 17 heavy (non-hydrogen) atoms. The van der Waals surface area contributed by atoms with Gasteiger partial charge in [0, 0.05) is 16.4 Å². The van der Waals surface area contributed by atoms with Gasteiger partial charge in [-0.05, 0) is 29.5 Å². The predicted molar refractivity (Wildman–Crippen MR) is 68.0 cm³/mol. The second kappa shape index (κ2) is 5.07. The molecule has 0 radical (unpaired) electrons. The summed E-state index contributed by atoms with van der Waals surface area (Å²) in [5.74, 6) is 0. The Morgan fingerprint density at radius 3 is 2.94 bits per heavy atom. The summed E-state index contributed by atoms with van der Waals surface area (Å²) in [5, 5.41) is 16.1. The van der Waals surface area contributed by atoms with Crippen molar-refractivity contribution in [3.63, 3.8) is 0 Å². The lowest BCUT2D eigenvalue weighted by Crippen LogP contribution is -2.12. The molecule has 1 heterocycles. The smallest absolute Gasteiger partial charge is 0.343 e. The zero-order valence-electron chi connectivity index (χ0n) is 8.98. The minimum Gasteiger partial charge on any atom is -0.392 e. The van der Waals surface area contributed by atoms with Gasteiger partial charge >= 0.3 is 5.69 Å². The summed E-state index contributed by atoms with van der Waals surface area (Å²) in [4.78, 5) is 12.1. The van der Waals surface area contributed by atoms with Crippen LogP contribution in [0.25, 0.3) is 0 Å². The molecule has 0 atom stereocenters. The highest BCUT2D eigenvalue weighted by Gasteiger charge is 2.10. The minimum absolute atomic E-state index is 0.0476. The van der Waals surface area contributed by atoms with Crippen molar-refractivity contribution >= 4 is 27.7 Å². The van der Waals surface area contributed by atoms with Crippen LogP contribution in [0.3, 0.4) is 0 Å². The molecule has 0 saturated carbocycles. The fourth-order valence-electron chi connectivity index (χ4n) is 1.28. The average molecular weight is 316 g/mol. The number of halogens is 1. The van der Waals surface area contributed by atoms with Crippen molar-refractivity contribution in [1.29, 1.82) is 0 Å². The number of aliphatic hydroxyl groups is 1. The zero-order valence-corrected chi connectivity index (χ0v) is 11.4. The van der Waals surface area contributed by atoms with E-state index in [4.69, 9.17) is 0 Å². The number of aromatic nitrogens is 3. The van der Waals surface area contributed by atoms with E-state index in [1.807, 2.05) is 18.2 Å². The Labute approximate surface area is 110 Å². The molecular formula is C10H10BrN3O2S. The Balaban J connectivity index is 2.38. The predicted octanol–water partition coefficient (Wildman–Crippen LogP) is 1.51. The number of hydrogen-bond donors (Lipinski definition) is 2. The molecule has 5 nitrogen and oxygen atoms in total. The number of aliphatic hydroxyl groups excluding tert-OH is 1. The number of nitrogens with one attached hydrogen (secondary N) is 1. The maximum atomic E-state index is 11.2. The van der Waals surface area contributed by atoms with Gasteiger partial charge in [-0.2, -0.15) is 0 Å². The van der Waals surface area contributed by atoms with E-state index < -0.39 is 0 Å². The van der Waals surface area contributed by atoms with E-state index in [1.54, 1.807) is 7.05 Å². The van der Waals surface area contributed by atoms with E-state index >= 15 is 0 Å². The molecule has 1 aromatic carbocycles. The molecule has 0 aliphatic carbocycles. The summed E-state index contributed by atoms with van der Waals surface area (Å²) in [7, 11) is 1.64. The van der Waals surface area contributed by atoms with Crippen LogP contribution in [-0.4, -0.2) is 19.9 Å². The van der Waals surface area contributed by atoms with E-state index in [1.165, 1.54) is 16.3 Å². The van der Waals surface area contributed by atoms with Crippen LogP contribution in [0, 0.1) is 0 Å². The lowest BCUT2D eigenvalue weighted by Gasteiger charge is -2.06. The number of nitrogens with zero attached hydrogens (tertiary/aromatic N) is 2. The van der Waals surface area contributed by atoms with Gasteiger partial charge in [-0.15, -0.1) is 5.10 Å². The Hall–Kier alpha value is -1.05. The molecule has 0 spiro atoms. The number of benzene rings is 1. The molecule has 2 rings (SSSR count). The molecule has 0 bridgehead atoms. The molecule has 0 aliphatic heterocycles. The first-order chi connectivity index (χ1) is 8.11. The molecule has 1 aromatic heterocycles. The third-order valence-electron chi connectivity index (χ3n) is 2.24. The van der Waals surface area contributed by atoms with Crippen LogP contribution >= 0.6 is 27.7 Å². The van der Waals surface area contributed by atoms with Crippen LogP contribution in [0.1, 0.15) is 5.56 Å². The van der Waals surface area contributed by atoms with Gasteiger partial charge < -0.3 is 5.11 Å². The van der Waals surface area contributed by atoms with Crippen LogP contribution in [0.15, 0.2) is 37.5 Å². The Morgan fingerprint density at radius 1 is 1.59 bits per heavy atom. The SMILES string of the molecule is Cn1c(Sc2cc(Br)ccc2CO)n[nH]c1=O. The van der Waals surface area contributed by atoms with E-state index in [2.05, 4.69) is 26.1 Å². The largest absolute Gasteiger partial charge is 0.392 e. The molecule has 0 aliphatic rings. The first kappa shape index (κ1) is 12.4. The van der Waals surface area contributed by atoms with Crippen LogP contribution in [0.5, 0.6) is 0 Å². The van der Waals surface area contributed by atoms with E-state index in [0.29, 0.717) is 5.16 Å². The van der Waals surface area contributed by atoms with Crippen molar-refractivity contribution < 1.29 is 5.11 Å². The number of hydrogen-bond acceptors (Lipinski definition) is 4. The lowest BCUT2D eigenvalue weighted by atomic mass is 10.2. The van der Waals surface area contributed by atoms with Gasteiger partial charge in [0.05, 0.1) is 6.61 Å². The number of rotatable bonds is 3. The Morgan fingerprint density at radius 2 is 2.35 bits per heavy atom. The standard InChI is InChI=1S/C10H10BrN3O2S/c1-14-9(16)12-13-10(14)17-8-4-7(11)3-2-6(8)5-15/h2-4,15H,5H2,1H3,(H,12,16). The molecule has 0 amide bonds. The maximum absolute atomic E-state index is 11.2. The number of aromatic amines is 1. The highest BCUT2D eigenvalue weighted by molar-refractivity contribution is 9.10. The molecule has 90 valence electrons. The van der Waals surface area contributed by atoms with Gasteiger partial charge in [0.25, 0.3) is 0 Å². The quantitative estimate of drug-likeness (QED) is 0.900. The van der Waals surface area contributed by atoms with Gasteiger partial charge in [0.2, 0.25) is 0 Å². The van der Waals surface area contributed by atoms with E-state index in [9.17, 15) is 9.90 Å². The monoisotopic (exact) mass is 315 g/mol. The normalized spacial score (nSPS) is 10.8. The summed E-state index contributed by atoms with van der Waals surface area (Å²) in [5.41, 5.74) is 0.543. The third-order valence-corrected chi connectivity index (χ3v) is 3.88. The molecule has 0 unspecified atom stereocenters.